The molecular weight excluding hydrogens is 260 g/mol. The van der Waals surface area contributed by atoms with Crippen molar-refractivity contribution in [2.75, 3.05) is 14.2 Å². The third kappa shape index (κ3) is 3.87. The molecular formula is C14H16N2O2S. The topological polar surface area (TPSA) is 47.1 Å². The fourth-order valence-corrected chi connectivity index (χ4v) is 2.07. The lowest BCUT2D eigenvalue weighted by atomic mass is 10.1. The Bertz CT molecular complexity index is 593. The molecule has 0 fully saturated rings. The van der Waals surface area contributed by atoms with Gasteiger partial charge in [0.2, 0.25) is 0 Å². The van der Waals surface area contributed by atoms with Gasteiger partial charge in [0.15, 0.2) is 0 Å². The summed E-state index contributed by atoms with van der Waals surface area (Å²) in [6.45, 7) is 0.502. The van der Waals surface area contributed by atoms with Crippen LogP contribution in [0.2, 0.25) is 0 Å². The number of ether oxygens (including phenoxy) is 2. The lowest BCUT2D eigenvalue weighted by Crippen LogP contribution is -2.02. The van der Waals surface area contributed by atoms with E-state index >= 15 is 0 Å². The molecule has 100 valence electrons. The number of aromatic nitrogens is 2. The number of nitrogens with one attached hydrogen (secondary N) is 1. The van der Waals surface area contributed by atoms with Crippen molar-refractivity contribution in [2.45, 2.75) is 13.0 Å². The van der Waals surface area contributed by atoms with Gasteiger partial charge in [0.25, 0.3) is 0 Å². The van der Waals surface area contributed by atoms with E-state index in [2.05, 4.69) is 9.97 Å². The number of hydrogen-bond acceptors (Lipinski definition) is 4. The molecule has 0 unspecified atom stereocenters. The van der Waals surface area contributed by atoms with Crippen LogP contribution in [-0.2, 0) is 17.8 Å². The highest BCUT2D eigenvalue weighted by Gasteiger charge is 2.02. The molecule has 0 atom stereocenters. The number of rotatable bonds is 5. The van der Waals surface area contributed by atoms with Crippen LogP contribution in [0.3, 0.4) is 0 Å². The molecule has 1 aromatic heterocycles. The summed E-state index contributed by atoms with van der Waals surface area (Å²) in [6.07, 6.45) is 0.700. The quantitative estimate of drug-likeness (QED) is 0.853. The molecule has 0 bridgehead atoms. The van der Waals surface area contributed by atoms with E-state index in [0.717, 1.165) is 22.8 Å². The molecule has 0 saturated heterocycles. The lowest BCUT2D eigenvalue weighted by Gasteiger charge is -2.06. The molecule has 1 aromatic carbocycles. The molecule has 4 nitrogen and oxygen atoms in total. The second-order valence-corrected chi connectivity index (χ2v) is 4.57. The number of hydrogen-bond donors (Lipinski definition) is 1. The molecule has 0 amide bonds. The lowest BCUT2D eigenvalue weighted by molar-refractivity contribution is 0.181. The van der Waals surface area contributed by atoms with Crippen LogP contribution in [-0.4, -0.2) is 24.2 Å². The van der Waals surface area contributed by atoms with Gasteiger partial charge in [-0.25, -0.2) is 4.98 Å². The first-order valence-electron chi connectivity index (χ1n) is 5.92. The minimum absolute atomic E-state index is 0.502. The van der Waals surface area contributed by atoms with Gasteiger partial charge in [0.05, 0.1) is 13.7 Å². The summed E-state index contributed by atoms with van der Waals surface area (Å²) < 4.78 is 10.8. The minimum Gasteiger partial charge on any atom is -0.497 e. The Morgan fingerprint density at radius 1 is 1.21 bits per heavy atom. The normalized spacial score (nSPS) is 10.4. The van der Waals surface area contributed by atoms with Crippen molar-refractivity contribution < 1.29 is 9.47 Å². The fourth-order valence-electron chi connectivity index (χ4n) is 1.82. The number of benzene rings is 1. The van der Waals surface area contributed by atoms with Crippen molar-refractivity contribution >= 4 is 12.2 Å². The summed E-state index contributed by atoms with van der Waals surface area (Å²) in [5.41, 5.74) is 2.08. The van der Waals surface area contributed by atoms with Gasteiger partial charge in [-0.1, -0.05) is 24.4 Å². The van der Waals surface area contributed by atoms with Crippen molar-refractivity contribution in [1.82, 2.24) is 9.97 Å². The van der Waals surface area contributed by atoms with Gasteiger partial charge in [0, 0.05) is 19.2 Å². The standard InChI is InChI=1S/C14H16N2O2S/c1-17-9-11-8-14(19)16-13(15-11)7-10-3-5-12(18-2)6-4-10/h3-6,8H,7,9H2,1-2H3,(H,15,16,19). The summed E-state index contributed by atoms with van der Waals surface area (Å²) in [5.74, 6) is 1.68. The monoisotopic (exact) mass is 276 g/mol. The molecule has 0 aliphatic heterocycles. The molecule has 2 rings (SSSR count). The zero-order valence-electron chi connectivity index (χ0n) is 11.0. The summed E-state index contributed by atoms with van der Waals surface area (Å²) in [5, 5.41) is 0. The van der Waals surface area contributed by atoms with Crippen molar-refractivity contribution in [3.63, 3.8) is 0 Å². The minimum atomic E-state index is 0.502. The second-order valence-electron chi connectivity index (χ2n) is 4.15. The highest BCUT2D eigenvalue weighted by Crippen LogP contribution is 2.13. The van der Waals surface area contributed by atoms with Gasteiger partial charge < -0.3 is 14.5 Å². The molecule has 1 N–H and O–H groups in total. The molecule has 0 aliphatic carbocycles. The first-order chi connectivity index (χ1) is 9.21. The van der Waals surface area contributed by atoms with Crippen molar-refractivity contribution in [3.8, 4) is 5.75 Å². The molecule has 0 spiro atoms. The van der Waals surface area contributed by atoms with Gasteiger partial charge in [-0.3, -0.25) is 0 Å². The number of H-pyrrole nitrogens is 1. The van der Waals surface area contributed by atoms with Gasteiger partial charge in [0.1, 0.15) is 16.2 Å². The van der Waals surface area contributed by atoms with E-state index in [4.69, 9.17) is 21.7 Å². The summed E-state index contributed by atoms with van der Waals surface area (Å²) >= 11 is 5.15. The largest absolute Gasteiger partial charge is 0.497 e. The van der Waals surface area contributed by atoms with E-state index in [0.29, 0.717) is 17.7 Å². The van der Waals surface area contributed by atoms with Gasteiger partial charge in [-0.05, 0) is 23.8 Å². The Hall–Kier alpha value is -1.72. The molecule has 0 radical (unpaired) electrons. The van der Waals surface area contributed by atoms with E-state index in [1.807, 2.05) is 30.3 Å². The highest BCUT2D eigenvalue weighted by molar-refractivity contribution is 7.71. The van der Waals surface area contributed by atoms with Crippen LogP contribution in [0.15, 0.2) is 30.3 Å². The molecule has 0 aliphatic rings. The average molecular weight is 276 g/mol. The fraction of sp³-hybridized carbons (Fsp3) is 0.286. The molecule has 5 heteroatoms. The number of nitrogens with zero attached hydrogens (tertiary/aromatic N) is 1. The van der Waals surface area contributed by atoms with E-state index in [1.165, 1.54) is 0 Å². The van der Waals surface area contributed by atoms with Crippen LogP contribution < -0.4 is 4.74 Å². The van der Waals surface area contributed by atoms with Crippen molar-refractivity contribution in [1.29, 1.82) is 0 Å². The molecule has 1 heterocycles. The zero-order chi connectivity index (χ0) is 13.7. The second kappa shape index (κ2) is 6.45. The third-order valence-corrected chi connectivity index (χ3v) is 2.89. The van der Waals surface area contributed by atoms with Crippen LogP contribution in [0.4, 0.5) is 0 Å². The first-order valence-corrected chi connectivity index (χ1v) is 6.33. The first kappa shape index (κ1) is 13.7. The Morgan fingerprint density at radius 2 is 1.95 bits per heavy atom. The van der Waals surface area contributed by atoms with E-state index < -0.39 is 0 Å². The number of aromatic amines is 1. The van der Waals surface area contributed by atoms with Gasteiger partial charge in [-0.2, -0.15) is 0 Å². The average Bonchev–Trinajstić information content (AvgIpc) is 2.39. The maximum Gasteiger partial charge on any atom is 0.130 e. The summed E-state index contributed by atoms with van der Waals surface area (Å²) in [6, 6.07) is 9.71. The van der Waals surface area contributed by atoms with Crippen LogP contribution in [0.5, 0.6) is 5.75 Å². The molecule has 19 heavy (non-hydrogen) atoms. The van der Waals surface area contributed by atoms with Crippen LogP contribution in [0.1, 0.15) is 17.1 Å². The van der Waals surface area contributed by atoms with E-state index in [-0.39, 0.29) is 0 Å². The Labute approximate surface area is 117 Å². The van der Waals surface area contributed by atoms with Gasteiger partial charge in [-0.15, -0.1) is 0 Å². The predicted octanol–water partition coefficient (Wildman–Crippen LogP) is 2.88. The Morgan fingerprint density at radius 3 is 2.58 bits per heavy atom. The van der Waals surface area contributed by atoms with Crippen LogP contribution in [0.25, 0.3) is 0 Å². The van der Waals surface area contributed by atoms with Crippen molar-refractivity contribution in [2.24, 2.45) is 0 Å². The van der Waals surface area contributed by atoms with Crippen LogP contribution in [0, 0.1) is 4.64 Å². The maximum atomic E-state index is 5.15. The zero-order valence-corrected chi connectivity index (χ0v) is 11.8. The van der Waals surface area contributed by atoms with Gasteiger partial charge >= 0.3 is 0 Å². The molecule has 0 saturated carbocycles. The third-order valence-electron chi connectivity index (χ3n) is 2.68. The molecule has 2 aromatic rings. The van der Waals surface area contributed by atoms with E-state index in [1.54, 1.807) is 14.2 Å². The predicted molar refractivity (Wildman–Crippen MR) is 75.9 cm³/mol. The summed E-state index contributed by atoms with van der Waals surface area (Å²) in [4.78, 5) is 7.56. The SMILES string of the molecule is COCc1cc(=S)nc(Cc2ccc(OC)cc2)[nH]1. The number of methoxy groups -OCH3 is 2. The smallest absolute Gasteiger partial charge is 0.130 e. The summed E-state index contributed by atoms with van der Waals surface area (Å²) in [7, 11) is 3.31. The van der Waals surface area contributed by atoms with Crippen LogP contribution >= 0.6 is 12.2 Å². The Kier molecular flexibility index (Phi) is 4.65. The highest BCUT2D eigenvalue weighted by atomic mass is 32.1. The van der Waals surface area contributed by atoms with E-state index in [9.17, 15) is 0 Å². The Balaban J connectivity index is 2.19. The maximum absolute atomic E-state index is 5.15. The van der Waals surface area contributed by atoms with Crippen molar-refractivity contribution in [3.05, 3.63) is 52.1 Å².